The van der Waals surface area contributed by atoms with Gasteiger partial charge in [-0.3, -0.25) is 23.5 Å². The molecule has 1 aliphatic carbocycles. The van der Waals surface area contributed by atoms with Crippen molar-refractivity contribution in [2.24, 2.45) is 5.92 Å². The smallest absolute Gasteiger partial charge is 0.333 e. The molecule has 222 valence electrons. The van der Waals surface area contributed by atoms with Gasteiger partial charge in [0.1, 0.15) is 17.2 Å². The number of halogens is 1. The highest BCUT2D eigenvalue weighted by atomic mass is 32.2. The fraction of sp³-hybridized carbons (Fsp3) is 0.500. The number of rotatable bonds is 6. The number of hydrogen-bond acceptors (Lipinski definition) is 7. The summed E-state index contributed by atoms with van der Waals surface area (Å²) in [5.74, 6) is 0.961. The van der Waals surface area contributed by atoms with Crippen LogP contribution in [-0.4, -0.2) is 57.1 Å². The van der Waals surface area contributed by atoms with Crippen LogP contribution in [0.2, 0.25) is 0 Å². The number of hydrogen-bond donors (Lipinski definition) is 1. The Morgan fingerprint density at radius 2 is 1.76 bits per heavy atom. The first-order chi connectivity index (χ1) is 20.4. The number of carbonyl (C=O) groups is 2. The summed E-state index contributed by atoms with van der Waals surface area (Å²) in [6.07, 6.45) is 4.78. The number of amides is 2. The van der Waals surface area contributed by atoms with Crippen molar-refractivity contribution in [3.05, 3.63) is 63.2 Å². The Morgan fingerprint density at radius 1 is 1.05 bits per heavy atom. The van der Waals surface area contributed by atoms with Crippen molar-refractivity contribution in [2.45, 2.75) is 63.1 Å². The minimum atomic E-state index is -0.620. The van der Waals surface area contributed by atoms with Gasteiger partial charge in [-0.15, -0.1) is 0 Å². The minimum absolute atomic E-state index is 0.108. The Labute approximate surface area is 246 Å². The van der Waals surface area contributed by atoms with Gasteiger partial charge in [-0.2, -0.15) is 11.8 Å². The van der Waals surface area contributed by atoms with Crippen LogP contribution in [0.1, 0.15) is 57.0 Å². The van der Waals surface area contributed by atoms with Crippen molar-refractivity contribution in [1.29, 1.82) is 0 Å². The molecule has 0 radical (unpaired) electrons. The maximum atomic E-state index is 14.3. The quantitative estimate of drug-likeness (QED) is 0.464. The first-order valence-electron chi connectivity index (χ1n) is 14.5. The van der Waals surface area contributed by atoms with E-state index in [-0.39, 0.29) is 47.9 Å². The summed E-state index contributed by atoms with van der Waals surface area (Å²) in [5.41, 5.74) is -0.0594. The Balaban J connectivity index is 1.34. The zero-order valence-electron chi connectivity index (χ0n) is 23.5. The molecule has 1 unspecified atom stereocenters. The van der Waals surface area contributed by atoms with Gasteiger partial charge >= 0.3 is 5.69 Å². The number of anilines is 1. The van der Waals surface area contributed by atoms with Crippen LogP contribution in [0.5, 0.6) is 5.75 Å². The second kappa shape index (κ2) is 11.9. The lowest BCUT2D eigenvalue weighted by atomic mass is 9.88. The molecule has 3 aliphatic rings. The van der Waals surface area contributed by atoms with Crippen molar-refractivity contribution in [3.8, 4) is 5.75 Å². The van der Waals surface area contributed by atoms with Crippen molar-refractivity contribution in [3.63, 3.8) is 0 Å². The maximum absolute atomic E-state index is 14.3. The number of nitrogens with one attached hydrogen (secondary N) is 1. The van der Waals surface area contributed by atoms with Gasteiger partial charge in [0.25, 0.3) is 5.56 Å². The van der Waals surface area contributed by atoms with Crippen LogP contribution in [0.15, 0.2) is 46.1 Å². The SMILES string of the molecule is COc1ccccc1N(C(=O)C1CNC(=O)C1)C1CCC(n2c(=O)c3cc(F)cnc3n(C3CCSCC3)c2=O)CC1. The molecule has 12 heteroatoms. The van der Waals surface area contributed by atoms with E-state index in [2.05, 4.69) is 10.3 Å². The van der Waals surface area contributed by atoms with E-state index in [0.29, 0.717) is 37.1 Å². The molecule has 6 rings (SSSR count). The summed E-state index contributed by atoms with van der Waals surface area (Å²) < 4.78 is 22.8. The van der Waals surface area contributed by atoms with Crippen LogP contribution in [0.25, 0.3) is 11.0 Å². The van der Waals surface area contributed by atoms with Crippen LogP contribution in [-0.2, 0) is 9.59 Å². The number of para-hydroxylation sites is 2. The molecule has 10 nitrogen and oxygen atoms in total. The monoisotopic (exact) mass is 595 g/mol. The fourth-order valence-electron chi connectivity index (χ4n) is 6.67. The van der Waals surface area contributed by atoms with E-state index >= 15 is 0 Å². The van der Waals surface area contributed by atoms with E-state index < -0.39 is 29.0 Å². The van der Waals surface area contributed by atoms with Crippen LogP contribution in [0, 0.1) is 11.7 Å². The maximum Gasteiger partial charge on any atom is 0.333 e. The molecule has 3 fully saturated rings. The lowest BCUT2D eigenvalue weighted by molar-refractivity contribution is -0.125. The van der Waals surface area contributed by atoms with Crippen molar-refractivity contribution in [1.82, 2.24) is 19.4 Å². The van der Waals surface area contributed by atoms with Gasteiger partial charge in [0.05, 0.1) is 30.3 Å². The summed E-state index contributed by atoms with van der Waals surface area (Å²) in [4.78, 5) is 59.4. The van der Waals surface area contributed by atoms with Crippen molar-refractivity contribution < 1.29 is 18.7 Å². The first-order valence-corrected chi connectivity index (χ1v) is 15.7. The molecule has 2 amide bonds. The highest BCUT2D eigenvalue weighted by molar-refractivity contribution is 7.99. The lowest BCUT2D eigenvalue weighted by Crippen LogP contribution is -2.49. The number of carbonyl (C=O) groups excluding carboxylic acids is 2. The standard InChI is InChI=1S/C30H34FN5O5S/c1-41-25-5-3-2-4-24(25)34(28(38)18-14-26(37)32-16-18)20-6-8-21(9-7-20)36-29(39)23-15-19(31)17-33-27(23)35(30(36)40)22-10-12-42-13-11-22/h2-5,15,17-18,20-22H,6-14,16H2,1H3,(H,32,37). The molecule has 3 aromatic rings. The molecule has 1 saturated carbocycles. The van der Waals surface area contributed by atoms with E-state index in [9.17, 15) is 23.6 Å². The average Bonchev–Trinajstić information content (AvgIpc) is 3.45. The molecule has 1 N–H and O–H groups in total. The predicted molar refractivity (Wildman–Crippen MR) is 159 cm³/mol. The Hall–Kier alpha value is -3.67. The Kier molecular flexibility index (Phi) is 8.06. The van der Waals surface area contributed by atoms with Gasteiger partial charge in [-0.1, -0.05) is 12.1 Å². The molecule has 0 spiro atoms. The lowest BCUT2D eigenvalue weighted by Gasteiger charge is -2.39. The summed E-state index contributed by atoms with van der Waals surface area (Å²) in [7, 11) is 1.55. The van der Waals surface area contributed by atoms with E-state index in [1.807, 2.05) is 30.0 Å². The Morgan fingerprint density at radius 3 is 2.45 bits per heavy atom. The number of fused-ring (bicyclic) bond motifs is 1. The van der Waals surface area contributed by atoms with E-state index in [1.54, 1.807) is 22.6 Å². The normalized spacial score (nSPS) is 23.1. The third-order valence-electron chi connectivity index (χ3n) is 8.78. The third-order valence-corrected chi connectivity index (χ3v) is 9.83. The molecule has 2 saturated heterocycles. The fourth-order valence-corrected chi connectivity index (χ4v) is 7.76. The Bertz CT molecular complexity index is 1630. The average molecular weight is 596 g/mol. The van der Waals surface area contributed by atoms with Crippen LogP contribution >= 0.6 is 11.8 Å². The number of ether oxygens (including phenoxy) is 1. The molecule has 42 heavy (non-hydrogen) atoms. The summed E-state index contributed by atoms with van der Waals surface area (Å²) in [5, 5.41) is 2.86. The van der Waals surface area contributed by atoms with E-state index in [0.717, 1.165) is 30.5 Å². The van der Waals surface area contributed by atoms with E-state index in [1.165, 1.54) is 10.6 Å². The van der Waals surface area contributed by atoms with E-state index in [4.69, 9.17) is 4.74 Å². The number of benzene rings is 1. The predicted octanol–water partition coefficient (Wildman–Crippen LogP) is 3.43. The van der Waals surface area contributed by atoms with Gasteiger partial charge in [-0.25, -0.2) is 14.2 Å². The second-order valence-electron chi connectivity index (χ2n) is 11.2. The van der Waals surface area contributed by atoms with Crippen molar-refractivity contribution in [2.75, 3.05) is 30.1 Å². The van der Waals surface area contributed by atoms with Gasteiger partial charge in [-0.05, 0) is 68.2 Å². The molecular formula is C30H34FN5O5S. The molecule has 4 heterocycles. The first kappa shape index (κ1) is 28.4. The summed E-state index contributed by atoms with van der Waals surface area (Å²) >= 11 is 1.83. The summed E-state index contributed by atoms with van der Waals surface area (Å²) in [6, 6.07) is 7.77. The highest BCUT2D eigenvalue weighted by Crippen LogP contribution is 2.38. The largest absolute Gasteiger partial charge is 0.495 e. The van der Waals surface area contributed by atoms with Gasteiger partial charge < -0.3 is 15.0 Å². The van der Waals surface area contributed by atoms with Gasteiger partial charge in [0.2, 0.25) is 11.8 Å². The summed E-state index contributed by atoms with van der Waals surface area (Å²) in [6.45, 7) is 0.287. The van der Waals surface area contributed by atoms with Gasteiger partial charge in [0, 0.05) is 31.1 Å². The molecule has 2 aliphatic heterocycles. The zero-order chi connectivity index (χ0) is 29.4. The van der Waals surface area contributed by atoms with Crippen LogP contribution in [0.3, 0.4) is 0 Å². The topological polar surface area (TPSA) is 116 Å². The second-order valence-corrected chi connectivity index (χ2v) is 12.5. The number of thioether (sulfide) groups is 1. The molecule has 2 aromatic heterocycles. The number of methoxy groups -OCH3 is 1. The molecular weight excluding hydrogens is 561 g/mol. The van der Waals surface area contributed by atoms with Gasteiger partial charge in [0.15, 0.2) is 0 Å². The third kappa shape index (κ3) is 5.21. The minimum Gasteiger partial charge on any atom is -0.495 e. The number of aromatic nitrogens is 3. The van der Waals surface area contributed by atoms with Crippen molar-refractivity contribution >= 4 is 40.3 Å². The van der Waals surface area contributed by atoms with Crippen LogP contribution in [0.4, 0.5) is 10.1 Å². The molecule has 1 atom stereocenters. The molecule has 1 aromatic carbocycles. The number of nitrogens with zero attached hydrogens (tertiary/aromatic N) is 4. The highest BCUT2D eigenvalue weighted by Gasteiger charge is 2.38. The molecule has 0 bridgehead atoms. The van der Waals surface area contributed by atoms with Crippen LogP contribution < -0.4 is 26.2 Å². The number of pyridine rings is 1. The zero-order valence-corrected chi connectivity index (χ0v) is 24.3.